The maximum atomic E-state index is 12.9. The van der Waals surface area contributed by atoms with E-state index in [4.69, 9.17) is 11.2 Å². The predicted molar refractivity (Wildman–Crippen MR) is 102 cm³/mol. The van der Waals surface area contributed by atoms with Crippen LogP contribution >= 0.6 is 0 Å². The summed E-state index contributed by atoms with van der Waals surface area (Å²) in [6.07, 6.45) is 4.16. The Morgan fingerprint density at radius 1 is 1.21 bits per heavy atom. The molecule has 0 unspecified atom stereocenters. The number of terminal acetylenes is 1. The second-order valence-corrected chi connectivity index (χ2v) is 7.79. The van der Waals surface area contributed by atoms with Gasteiger partial charge in [0, 0.05) is 37.4 Å². The fourth-order valence-corrected chi connectivity index (χ4v) is 3.03. The normalized spacial score (nSPS) is 14.9. The molecule has 1 aromatic rings. The Hall–Kier alpha value is -0.659. The zero-order valence-electron chi connectivity index (χ0n) is 17.2. The van der Waals surface area contributed by atoms with E-state index in [1.165, 1.54) is 0 Å². The molecule has 0 N–H and O–H groups in total. The fourth-order valence-electron chi connectivity index (χ4n) is 3.03. The number of benzene rings is 1. The van der Waals surface area contributed by atoms with Crippen molar-refractivity contribution in [3.05, 3.63) is 28.8 Å². The van der Waals surface area contributed by atoms with E-state index in [-0.39, 0.29) is 63.0 Å². The number of carbonyl (C=O) groups excluding carboxylic acids is 1. The second-order valence-electron chi connectivity index (χ2n) is 7.79. The summed E-state index contributed by atoms with van der Waals surface area (Å²) in [6, 6.07) is 3.31. The third kappa shape index (κ3) is 7.30. The van der Waals surface area contributed by atoms with Crippen molar-refractivity contribution in [2.75, 3.05) is 31.1 Å². The fraction of sp³-hybridized carbons (Fsp3) is 0.526. The summed E-state index contributed by atoms with van der Waals surface area (Å²) < 4.78 is 44.2. The number of piperazine rings is 1. The molecule has 1 heterocycles. The minimum atomic E-state index is -4.95. The smallest absolute Gasteiger partial charge is 0.449 e. The van der Waals surface area contributed by atoms with E-state index in [0.717, 1.165) is 0 Å². The van der Waals surface area contributed by atoms with Gasteiger partial charge in [0.15, 0.2) is 0 Å². The van der Waals surface area contributed by atoms with Crippen LogP contribution in [0.15, 0.2) is 12.1 Å². The Bertz CT molecular complexity index is 749. The molecule has 148 valence electrons. The van der Waals surface area contributed by atoms with Gasteiger partial charge in [-0.25, -0.2) is 4.79 Å². The van der Waals surface area contributed by atoms with Gasteiger partial charge < -0.3 is 27.5 Å². The van der Waals surface area contributed by atoms with E-state index in [1.807, 2.05) is 4.90 Å². The minimum Gasteiger partial charge on any atom is -0.449 e. The van der Waals surface area contributed by atoms with E-state index in [2.05, 4.69) is 5.92 Å². The van der Waals surface area contributed by atoms with Crippen LogP contribution in [0.25, 0.3) is 0 Å². The zero-order valence-corrected chi connectivity index (χ0v) is 20.3. The van der Waals surface area contributed by atoms with E-state index in [1.54, 1.807) is 44.7 Å². The van der Waals surface area contributed by atoms with Gasteiger partial charge in [-0.05, 0) is 45.4 Å². The van der Waals surface area contributed by atoms with E-state index >= 15 is 0 Å². The SMILES string of the molecule is C#Cc1cc(N2CCN(C(=O)OC(C)(C)C)CC2)cc(C[B-](F)(F)F)c1C.[K+]. The van der Waals surface area contributed by atoms with Gasteiger partial charge in [0.2, 0.25) is 0 Å². The van der Waals surface area contributed by atoms with Crippen LogP contribution in [-0.2, 0) is 11.1 Å². The molecule has 9 heteroatoms. The molecule has 0 spiro atoms. The van der Waals surface area contributed by atoms with Gasteiger partial charge in [0.25, 0.3) is 0 Å². The zero-order chi connectivity index (χ0) is 20.4. The third-order valence-corrected chi connectivity index (χ3v) is 4.40. The first-order chi connectivity index (χ1) is 12.4. The molecule has 1 saturated heterocycles. The second kappa shape index (κ2) is 9.90. The summed E-state index contributed by atoms with van der Waals surface area (Å²) in [5, 5.41) is 0. The summed E-state index contributed by atoms with van der Waals surface area (Å²) in [4.78, 5) is 15.7. The number of carbonyl (C=O) groups is 1. The molecule has 0 radical (unpaired) electrons. The summed E-state index contributed by atoms with van der Waals surface area (Å²) >= 11 is 0. The number of nitrogens with zero attached hydrogens (tertiary/aromatic N) is 2. The first-order valence-electron chi connectivity index (χ1n) is 8.93. The van der Waals surface area contributed by atoms with Gasteiger partial charge >= 0.3 is 64.5 Å². The van der Waals surface area contributed by atoms with Crippen molar-refractivity contribution in [3.8, 4) is 12.3 Å². The Morgan fingerprint density at radius 2 is 1.79 bits per heavy atom. The number of ether oxygens (including phenoxy) is 1. The molecule has 1 aliphatic rings. The number of hydrogen-bond donors (Lipinski definition) is 0. The van der Waals surface area contributed by atoms with Crippen LogP contribution in [0.5, 0.6) is 0 Å². The summed E-state index contributed by atoms with van der Waals surface area (Å²) in [5.41, 5.74) is 1.26. The molecule has 4 nitrogen and oxygen atoms in total. The van der Waals surface area contributed by atoms with Crippen molar-refractivity contribution in [2.24, 2.45) is 0 Å². The van der Waals surface area contributed by atoms with E-state index < -0.39 is 18.9 Å². The van der Waals surface area contributed by atoms with Crippen LogP contribution in [-0.4, -0.2) is 49.8 Å². The van der Waals surface area contributed by atoms with Gasteiger partial charge in [0.1, 0.15) is 5.60 Å². The maximum Gasteiger partial charge on any atom is 1.00 e. The van der Waals surface area contributed by atoms with Crippen LogP contribution in [0.1, 0.15) is 37.5 Å². The molecule has 0 bridgehead atoms. The minimum absolute atomic E-state index is 0. The summed E-state index contributed by atoms with van der Waals surface area (Å²) in [5.74, 6) is 2.48. The maximum absolute atomic E-state index is 12.9. The van der Waals surface area contributed by atoms with E-state index in [0.29, 0.717) is 43.0 Å². The van der Waals surface area contributed by atoms with Crippen LogP contribution in [0.3, 0.4) is 0 Å². The van der Waals surface area contributed by atoms with Gasteiger partial charge in [-0.2, -0.15) is 0 Å². The first-order valence-corrected chi connectivity index (χ1v) is 8.93. The molecule has 0 saturated carbocycles. The number of rotatable bonds is 3. The Balaban J connectivity index is 0.00000392. The number of amides is 1. The topological polar surface area (TPSA) is 32.8 Å². The van der Waals surface area contributed by atoms with Crippen molar-refractivity contribution >= 4 is 18.8 Å². The average molecular weight is 420 g/mol. The largest absolute Gasteiger partial charge is 1.00 e. The first kappa shape index (κ1) is 25.4. The quantitative estimate of drug-likeness (QED) is 0.540. The molecule has 1 fully saturated rings. The molecule has 28 heavy (non-hydrogen) atoms. The third-order valence-electron chi connectivity index (χ3n) is 4.40. The van der Waals surface area contributed by atoms with Crippen LogP contribution in [0, 0.1) is 19.3 Å². The van der Waals surface area contributed by atoms with Gasteiger partial charge in [-0.3, -0.25) is 0 Å². The Kier molecular flexibility index (Phi) is 8.97. The Labute approximate surface area is 207 Å². The molecule has 1 aliphatic heterocycles. The predicted octanol–water partition coefficient (Wildman–Crippen LogP) is 0.967. The molecular formula is C19H25BF3KN2O2. The van der Waals surface area contributed by atoms with Crippen molar-refractivity contribution in [1.82, 2.24) is 4.90 Å². The number of halogens is 3. The van der Waals surface area contributed by atoms with Crippen molar-refractivity contribution in [1.29, 1.82) is 0 Å². The van der Waals surface area contributed by atoms with E-state index in [9.17, 15) is 17.7 Å². The molecule has 1 aromatic carbocycles. The standard InChI is InChI=1S/C19H25BF3N2O2.K/c1-6-15-11-17(12-16(14(15)2)13-20(21,22)23)24-7-9-25(10-8-24)18(26)27-19(3,4)5;/h1,11-12H,7-10,13H2,2-5H3;/q-1;+1. The number of hydrogen-bond acceptors (Lipinski definition) is 3. The van der Waals surface area contributed by atoms with Crippen LogP contribution in [0.2, 0.25) is 0 Å². The van der Waals surface area contributed by atoms with Crippen molar-refractivity contribution < 1.29 is 73.9 Å². The molecule has 2 rings (SSSR count). The molecule has 0 aliphatic carbocycles. The molecule has 0 atom stereocenters. The van der Waals surface area contributed by atoms with Gasteiger partial charge in [-0.15, -0.1) is 6.42 Å². The average Bonchev–Trinajstić information content (AvgIpc) is 2.54. The molecule has 1 amide bonds. The summed E-state index contributed by atoms with van der Waals surface area (Å²) in [7, 11) is 0. The van der Waals surface area contributed by atoms with Crippen molar-refractivity contribution in [3.63, 3.8) is 0 Å². The van der Waals surface area contributed by atoms with Crippen LogP contribution < -0.4 is 56.3 Å². The van der Waals surface area contributed by atoms with Gasteiger partial charge in [0.05, 0.1) is 0 Å². The number of anilines is 1. The monoisotopic (exact) mass is 420 g/mol. The van der Waals surface area contributed by atoms with Gasteiger partial charge in [-0.1, -0.05) is 17.8 Å². The van der Waals surface area contributed by atoms with Crippen molar-refractivity contribution in [2.45, 2.75) is 39.6 Å². The molecular weight excluding hydrogens is 395 g/mol. The molecule has 0 aromatic heterocycles. The Morgan fingerprint density at radius 3 is 2.25 bits per heavy atom. The summed E-state index contributed by atoms with van der Waals surface area (Å²) in [6.45, 7) is 3.96. The van der Waals surface area contributed by atoms with Crippen LogP contribution in [0.4, 0.5) is 23.4 Å².